The van der Waals surface area contributed by atoms with Crippen molar-refractivity contribution in [3.63, 3.8) is 0 Å². The van der Waals surface area contributed by atoms with E-state index < -0.39 is 0 Å². The van der Waals surface area contributed by atoms with E-state index in [9.17, 15) is 0 Å². The first kappa shape index (κ1) is 18.9. The second-order valence-corrected chi connectivity index (χ2v) is 9.15. The van der Waals surface area contributed by atoms with Crippen LogP contribution in [-0.4, -0.2) is 40.5 Å². The van der Waals surface area contributed by atoms with Crippen molar-refractivity contribution in [3.8, 4) is 10.4 Å². The summed E-state index contributed by atoms with van der Waals surface area (Å²) < 4.78 is 2.02. The first-order valence-corrected chi connectivity index (χ1v) is 11.5. The summed E-state index contributed by atoms with van der Waals surface area (Å²) in [5.74, 6) is 0. The number of aryl methyl sites for hydroxylation is 1. The maximum atomic E-state index is 4.75. The lowest BCUT2D eigenvalue weighted by Gasteiger charge is -2.42. The van der Waals surface area contributed by atoms with Gasteiger partial charge in [0.25, 0.3) is 0 Å². The highest BCUT2D eigenvalue weighted by atomic mass is 32.1. The third kappa shape index (κ3) is 3.97. The standard InChI is InChI=1S/C23H29N5S/c1-2-28-13-10-19(25-28)15-27-17-26(20-8-11-24-12-9-20)16-23-21(27)14-22(29-23)18-6-4-3-5-7-18/h3-7,10,13-14,20,24H,2,8-9,11-12,15-17H2,1H3. The molecule has 0 bridgehead atoms. The third-order valence-corrected chi connectivity index (χ3v) is 7.24. The van der Waals surface area contributed by atoms with E-state index in [2.05, 4.69) is 70.7 Å². The van der Waals surface area contributed by atoms with Crippen LogP contribution in [0.15, 0.2) is 48.7 Å². The van der Waals surface area contributed by atoms with Gasteiger partial charge in [-0.25, -0.2) is 0 Å². The van der Waals surface area contributed by atoms with E-state index in [0.717, 1.165) is 45.1 Å². The van der Waals surface area contributed by atoms with Gasteiger partial charge in [0.05, 0.1) is 24.6 Å². The molecule has 0 aliphatic carbocycles. The zero-order chi connectivity index (χ0) is 19.6. The number of aromatic nitrogens is 2. The Hall–Kier alpha value is -2.15. The van der Waals surface area contributed by atoms with Crippen LogP contribution < -0.4 is 10.2 Å². The monoisotopic (exact) mass is 407 g/mol. The number of fused-ring (bicyclic) bond motifs is 1. The summed E-state index contributed by atoms with van der Waals surface area (Å²) in [5, 5.41) is 8.26. The predicted molar refractivity (Wildman–Crippen MR) is 120 cm³/mol. The fraction of sp³-hybridized carbons (Fsp3) is 0.435. The van der Waals surface area contributed by atoms with E-state index in [0.29, 0.717) is 6.04 Å². The summed E-state index contributed by atoms with van der Waals surface area (Å²) >= 11 is 1.96. The van der Waals surface area contributed by atoms with Crippen molar-refractivity contribution in [2.45, 2.75) is 45.4 Å². The average molecular weight is 408 g/mol. The number of anilines is 1. The molecular weight excluding hydrogens is 378 g/mol. The molecule has 2 aliphatic heterocycles. The number of nitrogens with one attached hydrogen (secondary N) is 1. The van der Waals surface area contributed by atoms with Crippen LogP contribution in [0.1, 0.15) is 30.3 Å². The molecule has 3 aromatic rings. The molecule has 5 rings (SSSR count). The van der Waals surface area contributed by atoms with Crippen LogP contribution in [0.3, 0.4) is 0 Å². The fourth-order valence-corrected chi connectivity index (χ4v) is 5.70. The van der Waals surface area contributed by atoms with E-state index in [1.54, 1.807) is 0 Å². The SMILES string of the molecule is CCn1ccc(CN2CN(C3CCNCC3)Cc3sc(-c4ccccc4)cc32)n1. The van der Waals surface area contributed by atoms with Gasteiger partial charge in [-0.15, -0.1) is 11.3 Å². The molecule has 1 saturated heterocycles. The molecule has 6 heteroatoms. The van der Waals surface area contributed by atoms with Crippen LogP contribution in [0.25, 0.3) is 10.4 Å². The molecule has 1 aromatic carbocycles. The summed E-state index contributed by atoms with van der Waals surface area (Å²) in [7, 11) is 0. The predicted octanol–water partition coefficient (Wildman–Crippen LogP) is 4.16. The first-order valence-electron chi connectivity index (χ1n) is 10.7. The molecule has 152 valence electrons. The van der Waals surface area contributed by atoms with Crippen molar-refractivity contribution in [1.82, 2.24) is 20.0 Å². The molecular formula is C23H29N5S. The van der Waals surface area contributed by atoms with Crippen LogP contribution in [0, 0.1) is 0 Å². The zero-order valence-corrected chi connectivity index (χ0v) is 17.9. The molecule has 5 nitrogen and oxygen atoms in total. The minimum atomic E-state index is 0.669. The van der Waals surface area contributed by atoms with Gasteiger partial charge in [0.1, 0.15) is 0 Å². The van der Waals surface area contributed by atoms with Crippen molar-refractivity contribution in [2.75, 3.05) is 24.7 Å². The molecule has 0 spiro atoms. The highest BCUT2D eigenvalue weighted by molar-refractivity contribution is 7.16. The molecule has 4 heterocycles. The zero-order valence-electron chi connectivity index (χ0n) is 17.1. The Morgan fingerprint density at radius 3 is 2.72 bits per heavy atom. The summed E-state index contributed by atoms with van der Waals surface area (Å²) in [6.07, 6.45) is 4.57. The van der Waals surface area contributed by atoms with E-state index in [4.69, 9.17) is 5.10 Å². The maximum absolute atomic E-state index is 4.75. The number of hydrogen-bond acceptors (Lipinski definition) is 5. The molecule has 0 unspecified atom stereocenters. The topological polar surface area (TPSA) is 36.3 Å². The summed E-state index contributed by atoms with van der Waals surface area (Å²) in [4.78, 5) is 8.08. The van der Waals surface area contributed by atoms with Crippen LogP contribution >= 0.6 is 11.3 Å². The summed E-state index contributed by atoms with van der Waals surface area (Å²) in [6, 6.07) is 16.0. The molecule has 0 amide bonds. The van der Waals surface area contributed by atoms with Gasteiger partial charge in [-0.1, -0.05) is 30.3 Å². The van der Waals surface area contributed by atoms with E-state index >= 15 is 0 Å². The quantitative estimate of drug-likeness (QED) is 0.689. The van der Waals surface area contributed by atoms with Crippen molar-refractivity contribution in [1.29, 1.82) is 0 Å². The summed E-state index contributed by atoms with van der Waals surface area (Å²) in [5.41, 5.74) is 3.86. The number of nitrogens with zero attached hydrogens (tertiary/aromatic N) is 4. The molecule has 29 heavy (non-hydrogen) atoms. The van der Waals surface area contributed by atoms with Gasteiger partial charge in [0, 0.05) is 35.1 Å². The number of benzene rings is 1. The Bertz CT molecular complexity index is 941. The highest BCUT2D eigenvalue weighted by Gasteiger charge is 2.30. The van der Waals surface area contributed by atoms with Crippen LogP contribution in [-0.2, 0) is 19.6 Å². The maximum Gasteiger partial charge on any atom is 0.0818 e. The first-order chi connectivity index (χ1) is 14.3. The van der Waals surface area contributed by atoms with Crippen molar-refractivity contribution < 1.29 is 0 Å². The van der Waals surface area contributed by atoms with E-state index in [1.165, 1.54) is 33.8 Å². The number of thiophene rings is 1. The lowest BCUT2D eigenvalue weighted by molar-refractivity contribution is 0.147. The normalized spacial score (nSPS) is 18.2. The Morgan fingerprint density at radius 2 is 1.97 bits per heavy atom. The minimum Gasteiger partial charge on any atom is -0.352 e. The van der Waals surface area contributed by atoms with Crippen LogP contribution in [0.2, 0.25) is 0 Å². The van der Waals surface area contributed by atoms with Gasteiger partial charge >= 0.3 is 0 Å². The second-order valence-electron chi connectivity index (χ2n) is 8.02. The Kier molecular flexibility index (Phi) is 5.40. The Labute approximate surface area is 177 Å². The van der Waals surface area contributed by atoms with Gasteiger partial charge in [0.2, 0.25) is 0 Å². The molecule has 1 fully saturated rings. The lowest BCUT2D eigenvalue weighted by Crippen LogP contribution is -2.49. The summed E-state index contributed by atoms with van der Waals surface area (Å²) in [6.45, 7) is 8.25. The molecule has 0 atom stereocenters. The van der Waals surface area contributed by atoms with Gasteiger partial charge in [-0.2, -0.15) is 5.10 Å². The van der Waals surface area contributed by atoms with Crippen LogP contribution in [0.4, 0.5) is 5.69 Å². The molecule has 0 saturated carbocycles. The van der Waals surface area contributed by atoms with Crippen LogP contribution in [0.5, 0.6) is 0 Å². The van der Waals surface area contributed by atoms with Crippen molar-refractivity contribution >= 4 is 17.0 Å². The van der Waals surface area contributed by atoms with Gasteiger partial charge < -0.3 is 10.2 Å². The van der Waals surface area contributed by atoms with Crippen molar-refractivity contribution in [3.05, 3.63) is 59.2 Å². The molecule has 1 N–H and O–H groups in total. The van der Waals surface area contributed by atoms with Gasteiger partial charge in [0.15, 0.2) is 0 Å². The molecule has 2 aromatic heterocycles. The lowest BCUT2D eigenvalue weighted by atomic mass is 10.0. The largest absolute Gasteiger partial charge is 0.352 e. The van der Waals surface area contributed by atoms with E-state index in [-0.39, 0.29) is 0 Å². The highest BCUT2D eigenvalue weighted by Crippen LogP contribution is 2.41. The average Bonchev–Trinajstić information content (AvgIpc) is 3.42. The minimum absolute atomic E-state index is 0.669. The van der Waals surface area contributed by atoms with Crippen molar-refractivity contribution in [2.24, 2.45) is 0 Å². The van der Waals surface area contributed by atoms with Gasteiger partial charge in [-0.3, -0.25) is 9.58 Å². The second kappa shape index (κ2) is 8.30. The third-order valence-electron chi connectivity index (χ3n) is 6.08. The molecule has 0 radical (unpaired) electrons. The Balaban J connectivity index is 1.46. The number of piperidine rings is 1. The molecule has 2 aliphatic rings. The van der Waals surface area contributed by atoms with Gasteiger partial charge in [-0.05, 0) is 50.6 Å². The number of rotatable bonds is 5. The smallest absolute Gasteiger partial charge is 0.0818 e. The fourth-order valence-electron chi connectivity index (χ4n) is 4.49. The van der Waals surface area contributed by atoms with E-state index in [1.807, 2.05) is 16.0 Å². The number of hydrogen-bond donors (Lipinski definition) is 1. The Morgan fingerprint density at radius 1 is 1.14 bits per heavy atom.